The number of thioether (sulfide) groups is 1. The van der Waals surface area contributed by atoms with Gasteiger partial charge in [-0.1, -0.05) is 29.2 Å². The summed E-state index contributed by atoms with van der Waals surface area (Å²) in [4.78, 5) is 12.9. The van der Waals surface area contributed by atoms with Gasteiger partial charge in [-0.25, -0.2) is 0 Å². The van der Waals surface area contributed by atoms with Crippen LogP contribution >= 0.6 is 34.4 Å². The van der Waals surface area contributed by atoms with E-state index in [2.05, 4.69) is 25.7 Å². The smallest absolute Gasteiger partial charge is 0.236 e. The van der Waals surface area contributed by atoms with Crippen LogP contribution in [0.5, 0.6) is 0 Å². The van der Waals surface area contributed by atoms with Gasteiger partial charge < -0.3 is 4.57 Å². The Bertz CT molecular complexity index is 779. The van der Waals surface area contributed by atoms with E-state index in [1.54, 1.807) is 11.3 Å². The molecule has 0 fully saturated rings. The van der Waals surface area contributed by atoms with Gasteiger partial charge in [0.15, 0.2) is 11.0 Å². The van der Waals surface area contributed by atoms with E-state index in [4.69, 9.17) is 0 Å². The molecule has 114 valence electrons. The van der Waals surface area contributed by atoms with Gasteiger partial charge in [-0.2, -0.15) is 0 Å². The van der Waals surface area contributed by atoms with Crippen molar-refractivity contribution in [3.8, 4) is 10.7 Å². The van der Waals surface area contributed by atoms with Gasteiger partial charge in [-0.05, 0) is 18.4 Å². The number of carbonyl (C=O) groups excluding carboxylic acids is 1. The normalized spacial score (nSPS) is 10.8. The molecule has 10 heteroatoms. The maximum Gasteiger partial charge on any atom is 0.236 e. The van der Waals surface area contributed by atoms with Crippen LogP contribution in [0.4, 0.5) is 5.13 Å². The summed E-state index contributed by atoms with van der Waals surface area (Å²) in [5, 5.41) is 22.8. The molecule has 7 nitrogen and oxygen atoms in total. The molecule has 3 heterocycles. The molecule has 0 bridgehead atoms. The summed E-state index contributed by atoms with van der Waals surface area (Å²) < 4.78 is 1.89. The molecule has 1 N–H and O–H groups in total. The van der Waals surface area contributed by atoms with Gasteiger partial charge in [0.05, 0.1) is 10.6 Å². The summed E-state index contributed by atoms with van der Waals surface area (Å²) in [6.45, 7) is 1.84. The van der Waals surface area contributed by atoms with E-state index in [1.165, 1.54) is 23.1 Å². The van der Waals surface area contributed by atoms with Crippen molar-refractivity contribution in [2.45, 2.75) is 12.1 Å². The first kappa shape index (κ1) is 15.1. The molecule has 0 aliphatic heterocycles. The average molecular weight is 352 g/mol. The van der Waals surface area contributed by atoms with Gasteiger partial charge in [-0.3, -0.25) is 10.1 Å². The predicted octanol–water partition coefficient (Wildman–Crippen LogP) is 2.43. The van der Waals surface area contributed by atoms with E-state index in [9.17, 15) is 4.79 Å². The monoisotopic (exact) mass is 352 g/mol. The van der Waals surface area contributed by atoms with Crippen molar-refractivity contribution in [2.24, 2.45) is 7.05 Å². The molecule has 0 aliphatic carbocycles. The highest BCUT2D eigenvalue weighted by Gasteiger charge is 2.14. The lowest BCUT2D eigenvalue weighted by Gasteiger charge is -2.02. The molecule has 0 unspecified atom stereocenters. The molecular weight excluding hydrogens is 340 g/mol. The number of hydrogen-bond donors (Lipinski definition) is 1. The Morgan fingerprint density at radius 3 is 2.91 bits per heavy atom. The second kappa shape index (κ2) is 6.55. The number of hydrogen-bond acceptors (Lipinski definition) is 8. The maximum atomic E-state index is 11.9. The van der Waals surface area contributed by atoms with Gasteiger partial charge in [0.1, 0.15) is 5.01 Å². The van der Waals surface area contributed by atoms with Gasteiger partial charge in [0, 0.05) is 7.05 Å². The molecule has 0 aromatic carbocycles. The standard InChI is InChI=1S/C12H12N6OS3/c1-7-14-16-11(22-7)13-9(19)6-21-12-17-15-10(18(12)2)8-4-3-5-20-8/h3-5H,6H2,1-2H3,(H,13,16,19). The average Bonchev–Trinajstić information content (AvgIpc) is 3.19. The lowest BCUT2D eigenvalue weighted by Crippen LogP contribution is -2.14. The molecular formula is C12H12N6OS3. The van der Waals surface area contributed by atoms with Crippen LogP contribution in [0.1, 0.15) is 5.01 Å². The fourth-order valence-corrected chi connectivity index (χ4v) is 3.76. The first-order chi connectivity index (χ1) is 10.6. The lowest BCUT2D eigenvalue weighted by molar-refractivity contribution is -0.113. The minimum atomic E-state index is -0.137. The Morgan fingerprint density at radius 2 is 2.23 bits per heavy atom. The Morgan fingerprint density at radius 1 is 1.36 bits per heavy atom. The van der Waals surface area contributed by atoms with Gasteiger partial charge in [0.25, 0.3) is 0 Å². The van der Waals surface area contributed by atoms with Crippen molar-refractivity contribution >= 4 is 45.5 Å². The van der Waals surface area contributed by atoms with Gasteiger partial charge in [-0.15, -0.1) is 31.7 Å². The molecule has 3 aromatic rings. The molecule has 3 rings (SSSR count). The summed E-state index contributed by atoms with van der Waals surface area (Å²) >= 11 is 4.29. The summed E-state index contributed by atoms with van der Waals surface area (Å²) in [5.74, 6) is 0.911. The van der Waals surface area contributed by atoms with Crippen LogP contribution in [0, 0.1) is 6.92 Å². The van der Waals surface area contributed by atoms with Crippen LogP contribution in [0.2, 0.25) is 0 Å². The van der Waals surface area contributed by atoms with Crippen LogP contribution < -0.4 is 5.32 Å². The molecule has 0 radical (unpaired) electrons. The molecule has 0 aliphatic rings. The van der Waals surface area contributed by atoms with Crippen molar-refractivity contribution in [2.75, 3.05) is 11.1 Å². The fourth-order valence-electron chi connectivity index (χ4n) is 1.69. The number of amides is 1. The van der Waals surface area contributed by atoms with Crippen molar-refractivity contribution in [1.29, 1.82) is 0 Å². The first-order valence-corrected chi connectivity index (χ1v) is 8.97. The number of nitrogens with zero attached hydrogens (tertiary/aromatic N) is 5. The van der Waals surface area contributed by atoms with E-state index in [0.717, 1.165) is 15.7 Å². The Hall–Kier alpha value is -1.78. The molecule has 1 amide bonds. The molecule has 0 spiro atoms. The first-order valence-electron chi connectivity index (χ1n) is 6.29. The third-order valence-electron chi connectivity index (χ3n) is 2.68. The Balaban J connectivity index is 1.61. The van der Waals surface area contributed by atoms with Crippen LogP contribution in [0.25, 0.3) is 10.7 Å². The minimum absolute atomic E-state index is 0.137. The van der Waals surface area contributed by atoms with E-state index in [0.29, 0.717) is 10.3 Å². The largest absolute Gasteiger partial charge is 0.304 e. The lowest BCUT2D eigenvalue weighted by atomic mass is 10.4. The Kier molecular flexibility index (Phi) is 4.50. The second-order valence-electron chi connectivity index (χ2n) is 4.31. The maximum absolute atomic E-state index is 11.9. The van der Waals surface area contributed by atoms with Gasteiger partial charge >= 0.3 is 0 Å². The number of nitrogens with one attached hydrogen (secondary N) is 1. The van der Waals surface area contributed by atoms with Crippen molar-refractivity contribution in [1.82, 2.24) is 25.0 Å². The molecule has 3 aromatic heterocycles. The summed E-state index contributed by atoms with van der Waals surface area (Å²) in [7, 11) is 1.89. The van der Waals surface area contributed by atoms with E-state index < -0.39 is 0 Å². The minimum Gasteiger partial charge on any atom is -0.304 e. The number of aryl methyl sites for hydroxylation is 1. The highest BCUT2D eigenvalue weighted by atomic mass is 32.2. The number of carbonyl (C=O) groups is 1. The van der Waals surface area contributed by atoms with Crippen LogP contribution in [-0.2, 0) is 11.8 Å². The summed E-state index contributed by atoms with van der Waals surface area (Å²) in [6.07, 6.45) is 0. The fraction of sp³-hybridized carbons (Fsp3) is 0.250. The van der Waals surface area contributed by atoms with Crippen molar-refractivity contribution in [3.05, 3.63) is 22.5 Å². The van der Waals surface area contributed by atoms with Crippen molar-refractivity contribution in [3.63, 3.8) is 0 Å². The van der Waals surface area contributed by atoms with Crippen LogP contribution in [0.3, 0.4) is 0 Å². The number of rotatable bonds is 5. The van der Waals surface area contributed by atoms with E-state index in [1.807, 2.05) is 36.1 Å². The highest BCUT2D eigenvalue weighted by molar-refractivity contribution is 7.99. The summed E-state index contributed by atoms with van der Waals surface area (Å²) in [5.41, 5.74) is 0. The molecule has 0 saturated carbocycles. The van der Waals surface area contributed by atoms with E-state index in [-0.39, 0.29) is 11.7 Å². The quantitative estimate of drug-likeness (QED) is 0.710. The Labute approximate surface area is 138 Å². The third kappa shape index (κ3) is 3.34. The van der Waals surface area contributed by atoms with Gasteiger partial charge in [0.2, 0.25) is 11.0 Å². The zero-order valence-electron chi connectivity index (χ0n) is 11.8. The van der Waals surface area contributed by atoms with Crippen LogP contribution in [0.15, 0.2) is 22.7 Å². The zero-order chi connectivity index (χ0) is 15.5. The predicted molar refractivity (Wildman–Crippen MR) is 88.3 cm³/mol. The summed E-state index contributed by atoms with van der Waals surface area (Å²) in [6, 6.07) is 3.96. The second-order valence-corrected chi connectivity index (χ2v) is 7.38. The van der Waals surface area contributed by atoms with E-state index >= 15 is 0 Å². The third-order valence-corrected chi connectivity index (χ3v) is 5.32. The highest BCUT2D eigenvalue weighted by Crippen LogP contribution is 2.26. The van der Waals surface area contributed by atoms with Crippen LogP contribution in [-0.4, -0.2) is 36.6 Å². The van der Waals surface area contributed by atoms with Crippen molar-refractivity contribution < 1.29 is 4.79 Å². The molecule has 22 heavy (non-hydrogen) atoms. The zero-order valence-corrected chi connectivity index (χ0v) is 14.3. The molecule has 0 atom stereocenters. The topological polar surface area (TPSA) is 85.6 Å². The number of thiophene rings is 1. The number of anilines is 1. The number of aromatic nitrogens is 5. The molecule has 0 saturated heterocycles. The SMILES string of the molecule is Cc1nnc(NC(=O)CSc2nnc(-c3cccs3)n2C)s1.